The summed E-state index contributed by atoms with van der Waals surface area (Å²) in [6.07, 6.45) is 0. The molecule has 28 heavy (non-hydrogen) atoms. The Labute approximate surface area is 171 Å². The molecule has 8 heteroatoms. The van der Waals surface area contributed by atoms with Crippen molar-refractivity contribution in [3.63, 3.8) is 0 Å². The van der Waals surface area contributed by atoms with Gasteiger partial charge in [-0.15, -0.1) is 0 Å². The molecule has 2 aromatic carbocycles. The average Bonchev–Trinajstić information content (AvgIpc) is 3.15. The molecule has 0 N–H and O–H groups in total. The zero-order valence-corrected chi connectivity index (χ0v) is 17.4. The largest absolute Gasteiger partial charge is 0.495 e. The second kappa shape index (κ2) is 9.07. The molecule has 0 atom stereocenters. The molecular weight excluding hydrogens is 396 g/mol. The maximum Gasteiger partial charge on any atom is 0.239 e. The Morgan fingerprint density at radius 1 is 1.07 bits per heavy atom. The Morgan fingerprint density at radius 3 is 2.39 bits per heavy atom. The first kappa shape index (κ1) is 20.2. The van der Waals surface area contributed by atoms with Gasteiger partial charge in [0, 0.05) is 6.92 Å². The normalized spacial score (nSPS) is 10.7. The van der Waals surface area contributed by atoms with Gasteiger partial charge in [-0.2, -0.15) is 0 Å². The van der Waals surface area contributed by atoms with Crippen molar-refractivity contribution in [1.29, 1.82) is 0 Å². The number of hydrogen-bond donors (Lipinski definition) is 0. The van der Waals surface area contributed by atoms with Crippen molar-refractivity contribution in [3.05, 3.63) is 48.0 Å². The Morgan fingerprint density at radius 2 is 1.75 bits per heavy atom. The summed E-state index contributed by atoms with van der Waals surface area (Å²) in [5.74, 6) is 1.17. The highest BCUT2D eigenvalue weighted by atomic mass is 32.2. The van der Waals surface area contributed by atoms with E-state index < -0.39 is 0 Å². The molecule has 0 saturated heterocycles. The molecule has 0 aliphatic carbocycles. The number of anilines is 1. The van der Waals surface area contributed by atoms with E-state index in [4.69, 9.17) is 9.47 Å². The standard InChI is InChI=1S/C20H20N2O4S2/c1-13(23)27-12-17(24)22(11-14-7-5-4-6-8-14)20-21-18-15(25-2)9-10-16(26-3)19(18)28-20/h4-10H,11-12H2,1-3H3. The molecule has 0 bridgehead atoms. The number of methoxy groups -OCH3 is 2. The van der Waals surface area contributed by atoms with Gasteiger partial charge < -0.3 is 9.47 Å². The first-order chi connectivity index (χ1) is 13.5. The second-order valence-electron chi connectivity index (χ2n) is 5.89. The Hall–Kier alpha value is -2.58. The lowest BCUT2D eigenvalue weighted by Crippen LogP contribution is -2.32. The van der Waals surface area contributed by atoms with Crippen molar-refractivity contribution >= 4 is 49.5 Å². The van der Waals surface area contributed by atoms with Crippen LogP contribution in [-0.2, 0) is 16.1 Å². The van der Waals surface area contributed by atoms with Crippen molar-refractivity contribution < 1.29 is 19.1 Å². The molecule has 1 amide bonds. The summed E-state index contributed by atoms with van der Waals surface area (Å²) >= 11 is 2.36. The van der Waals surface area contributed by atoms with Crippen LogP contribution in [0.25, 0.3) is 10.2 Å². The lowest BCUT2D eigenvalue weighted by atomic mass is 10.2. The van der Waals surface area contributed by atoms with Gasteiger partial charge in [-0.05, 0) is 17.7 Å². The topological polar surface area (TPSA) is 68.7 Å². The Balaban J connectivity index is 2.03. The fourth-order valence-corrected chi connectivity index (χ4v) is 4.23. The van der Waals surface area contributed by atoms with Crippen molar-refractivity contribution in [3.8, 4) is 11.5 Å². The van der Waals surface area contributed by atoms with E-state index in [0.717, 1.165) is 22.0 Å². The van der Waals surface area contributed by atoms with E-state index >= 15 is 0 Å². The van der Waals surface area contributed by atoms with Crippen LogP contribution in [0.5, 0.6) is 11.5 Å². The third-order valence-corrected chi connectivity index (χ3v) is 5.90. The molecule has 0 spiro atoms. The number of ether oxygens (including phenoxy) is 2. The number of nitrogens with zero attached hydrogens (tertiary/aromatic N) is 2. The van der Waals surface area contributed by atoms with E-state index in [-0.39, 0.29) is 16.8 Å². The van der Waals surface area contributed by atoms with Gasteiger partial charge in [0.2, 0.25) is 5.91 Å². The molecule has 0 aliphatic rings. The number of hydrogen-bond acceptors (Lipinski definition) is 7. The van der Waals surface area contributed by atoms with Crippen LogP contribution in [0.4, 0.5) is 5.13 Å². The monoisotopic (exact) mass is 416 g/mol. The minimum Gasteiger partial charge on any atom is -0.495 e. The highest BCUT2D eigenvalue weighted by Crippen LogP contribution is 2.40. The number of thiazole rings is 1. The predicted molar refractivity (Wildman–Crippen MR) is 113 cm³/mol. The number of carbonyl (C=O) groups is 2. The molecular formula is C20H20N2O4S2. The summed E-state index contributed by atoms with van der Waals surface area (Å²) in [5, 5.41) is 0.441. The van der Waals surface area contributed by atoms with Crippen LogP contribution in [0.15, 0.2) is 42.5 Å². The summed E-state index contributed by atoms with van der Waals surface area (Å²) in [5.41, 5.74) is 1.62. The Kier molecular flexibility index (Phi) is 6.53. The van der Waals surface area contributed by atoms with E-state index in [0.29, 0.717) is 28.7 Å². The summed E-state index contributed by atoms with van der Waals surface area (Å²) < 4.78 is 11.7. The third-order valence-electron chi connectivity index (χ3n) is 4.01. The molecule has 0 saturated carbocycles. The molecule has 0 unspecified atom stereocenters. The summed E-state index contributed by atoms with van der Waals surface area (Å²) in [7, 11) is 3.17. The summed E-state index contributed by atoms with van der Waals surface area (Å²) in [6.45, 7) is 1.81. The third kappa shape index (κ3) is 4.45. The molecule has 3 aromatic rings. The first-order valence-electron chi connectivity index (χ1n) is 8.52. The van der Waals surface area contributed by atoms with Gasteiger partial charge in [-0.3, -0.25) is 14.5 Å². The van der Waals surface area contributed by atoms with Gasteiger partial charge in [-0.25, -0.2) is 4.98 Å². The highest BCUT2D eigenvalue weighted by molar-refractivity contribution is 8.14. The Bertz CT molecular complexity index is 948. The van der Waals surface area contributed by atoms with E-state index in [2.05, 4.69) is 4.98 Å². The molecule has 146 valence electrons. The number of amides is 1. The van der Waals surface area contributed by atoms with Crippen molar-refractivity contribution in [2.45, 2.75) is 13.5 Å². The van der Waals surface area contributed by atoms with Crippen LogP contribution in [-0.4, -0.2) is 36.0 Å². The molecule has 0 fully saturated rings. The summed E-state index contributed by atoms with van der Waals surface area (Å²) in [4.78, 5) is 30.5. The first-order valence-corrected chi connectivity index (χ1v) is 10.3. The van der Waals surface area contributed by atoms with Gasteiger partial charge in [-0.1, -0.05) is 53.4 Å². The molecule has 6 nitrogen and oxygen atoms in total. The number of carbonyl (C=O) groups excluding carboxylic acids is 2. The van der Waals surface area contributed by atoms with Gasteiger partial charge in [0.15, 0.2) is 10.2 Å². The number of aromatic nitrogens is 1. The highest BCUT2D eigenvalue weighted by Gasteiger charge is 2.23. The van der Waals surface area contributed by atoms with Gasteiger partial charge in [0.05, 0.1) is 26.5 Å². The van der Waals surface area contributed by atoms with Crippen LogP contribution in [0.3, 0.4) is 0 Å². The fraction of sp³-hybridized carbons (Fsp3) is 0.250. The number of rotatable bonds is 7. The summed E-state index contributed by atoms with van der Waals surface area (Å²) in [6, 6.07) is 13.3. The second-order valence-corrected chi connectivity index (χ2v) is 8.02. The SMILES string of the molecule is COc1ccc(OC)c2sc(N(Cc3ccccc3)C(=O)CSC(C)=O)nc12. The van der Waals surface area contributed by atoms with Crippen LogP contribution >= 0.6 is 23.1 Å². The molecule has 0 radical (unpaired) electrons. The van der Waals surface area contributed by atoms with E-state index in [1.54, 1.807) is 25.2 Å². The number of benzene rings is 2. The van der Waals surface area contributed by atoms with Crippen LogP contribution in [0, 0.1) is 0 Å². The van der Waals surface area contributed by atoms with Crippen LogP contribution in [0.1, 0.15) is 12.5 Å². The minimum atomic E-state index is -0.180. The molecule has 3 rings (SSSR count). The average molecular weight is 417 g/mol. The van der Waals surface area contributed by atoms with Crippen LogP contribution < -0.4 is 14.4 Å². The van der Waals surface area contributed by atoms with E-state index in [1.165, 1.54) is 18.3 Å². The molecule has 0 aliphatic heterocycles. The maximum absolute atomic E-state index is 12.9. The molecule has 1 aromatic heterocycles. The predicted octanol–water partition coefficient (Wildman–Crippen LogP) is 4.13. The quantitative estimate of drug-likeness (QED) is 0.577. The maximum atomic E-state index is 12.9. The van der Waals surface area contributed by atoms with Gasteiger partial charge >= 0.3 is 0 Å². The van der Waals surface area contributed by atoms with Crippen LogP contribution in [0.2, 0.25) is 0 Å². The minimum absolute atomic E-state index is 0.0619. The van der Waals surface area contributed by atoms with Crippen molar-refractivity contribution in [2.75, 3.05) is 24.9 Å². The molecule has 1 heterocycles. The lowest BCUT2D eigenvalue weighted by molar-refractivity contribution is -0.116. The van der Waals surface area contributed by atoms with E-state index in [9.17, 15) is 9.59 Å². The van der Waals surface area contributed by atoms with Crippen molar-refractivity contribution in [1.82, 2.24) is 4.98 Å². The smallest absolute Gasteiger partial charge is 0.239 e. The lowest BCUT2D eigenvalue weighted by Gasteiger charge is -2.19. The fourth-order valence-electron chi connectivity index (χ4n) is 2.66. The zero-order valence-electron chi connectivity index (χ0n) is 15.8. The van der Waals surface area contributed by atoms with Gasteiger partial charge in [0.25, 0.3) is 0 Å². The number of fused-ring (bicyclic) bond motifs is 1. The van der Waals surface area contributed by atoms with Crippen molar-refractivity contribution in [2.24, 2.45) is 0 Å². The number of thioether (sulfide) groups is 1. The zero-order chi connectivity index (χ0) is 20.1. The van der Waals surface area contributed by atoms with E-state index in [1.807, 2.05) is 36.4 Å². The van der Waals surface area contributed by atoms with Gasteiger partial charge in [0.1, 0.15) is 21.7 Å².